The Morgan fingerprint density at radius 1 is 1.07 bits per heavy atom. The minimum absolute atomic E-state index is 0.0150. The van der Waals surface area contributed by atoms with Crippen LogP contribution in [0.4, 0.5) is 14.5 Å². The molecule has 1 aromatic carbocycles. The molecule has 1 aliphatic carbocycles. The maximum atomic E-state index is 13.9. The van der Waals surface area contributed by atoms with Gasteiger partial charge >= 0.3 is 5.97 Å². The van der Waals surface area contributed by atoms with Gasteiger partial charge in [-0.15, -0.1) is 0 Å². The van der Waals surface area contributed by atoms with Crippen molar-refractivity contribution in [3.05, 3.63) is 23.3 Å². The van der Waals surface area contributed by atoms with Crippen molar-refractivity contribution in [3.63, 3.8) is 0 Å². The van der Waals surface area contributed by atoms with Crippen molar-refractivity contribution in [1.29, 1.82) is 0 Å². The number of hydrogen-bond acceptors (Lipinski definition) is 8. The van der Waals surface area contributed by atoms with Crippen LogP contribution in [0.25, 0.3) is 0 Å². The van der Waals surface area contributed by atoms with Gasteiger partial charge in [-0.3, -0.25) is 9.69 Å². The summed E-state index contributed by atoms with van der Waals surface area (Å²) in [5.74, 6) is -0.330. The highest BCUT2D eigenvalue weighted by molar-refractivity contribution is 5.85. The number of alkyl halides is 2. The third-order valence-electron chi connectivity index (χ3n) is 9.67. The Balaban J connectivity index is 1.09. The van der Waals surface area contributed by atoms with E-state index in [4.69, 9.17) is 14.3 Å². The smallest absolute Gasteiger partial charge is 0.311 e. The number of ether oxygens (including phenoxy) is 2. The molecule has 6 rings (SSSR count). The summed E-state index contributed by atoms with van der Waals surface area (Å²) in [5, 5.41) is 4.50. The predicted octanol–water partition coefficient (Wildman–Crippen LogP) is 5.54. The molecule has 3 saturated heterocycles. The Hall–Kier alpha value is -2.62. The van der Waals surface area contributed by atoms with Crippen molar-refractivity contribution < 1.29 is 27.9 Å². The van der Waals surface area contributed by atoms with Gasteiger partial charge in [0.15, 0.2) is 5.60 Å². The molecule has 4 fully saturated rings. The molecule has 1 saturated carbocycles. The van der Waals surface area contributed by atoms with Crippen LogP contribution >= 0.6 is 0 Å². The highest BCUT2D eigenvalue weighted by Gasteiger charge is 2.51. The number of carbonyl (C=O) groups excluding carboxylic acids is 1. The topological polar surface area (TPSA) is 66.8 Å². The number of rotatable bonds is 8. The molecule has 1 spiro atoms. The highest BCUT2D eigenvalue weighted by atomic mass is 19.3. The van der Waals surface area contributed by atoms with Gasteiger partial charge in [0, 0.05) is 76.0 Å². The maximum absolute atomic E-state index is 13.9. The molecule has 1 aromatic rings. The lowest BCUT2D eigenvalue weighted by Crippen LogP contribution is -2.61. The van der Waals surface area contributed by atoms with Crippen LogP contribution in [0.2, 0.25) is 0 Å². The Morgan fingerprint density at radius 3 is 2.36 bits per heavy atom. The summed E-state index contributed by atoms with van der Waals surface area (Å²) in [4.78, 5) is 25.3. The average Bonchev–Trinajstić information content (AvgIpc) is 3.68. The second-order valence-corrected chi connectivity index (χ2v) is 13.7. The van der Waals surface area contributed by atoms with Gasteiger partial charge in [-0.2, -0.15) is 0 Å². The molecular formula is C32H46F2N4O4. The van der Waals surface area contributed by atoms with E-state index < -0.39 is 11.3 Å². The van der Waals surface area contributed by atoms with Gasteiger partial charge in [0.1, 0.15) is 11.6 Å². The first-order valence-corrected chi connectivity index (χ1v) is 15.8. The van der Waals surface area contributed by atoms with Crippen molar-refractivity contribution in [1.82, 2.24) is 9.80 Å². The summed E-state index contributed by atoms with van der Waals surface area (Å²) in [6, 6.07) is 4.41. The number of amidine groups is 1. The molecule has 42 heavy (non-hydrogen) atoms. The number of anilines is 1. The molecule has 0 unspecified atom stereocenters. The highest BCUT2D eigenvalue weighted by Crippen LogP contribution is 2.48. The van der Waals surface area contributed by atoms with E-state index in [-0.39, 0.29) is 30.5 Å². The second-order valence-electron chi connectivity index (χ2n) is 13.7. The molecule has 4 heterocycles. The Morgan fingerprint density at radius 2 is 1.74 bits per heavy atom. The van der Waals surface area contributed by atoms with Gasteiger partial charge in [0.2, 0.25) is 0 Å². The first-order chi connectivity index (χ1) is 20.0. The first-order valence-electron chi connectivity index (χ1n) is 15.8. The van der Waals surface area contributed by atoms with Gasteiger partial charge in [-0.05, 0) is 70.9 Å². The lowest BCUT2D eigenvalue weighted by atomic mass is 9.80. The summed E-state index contributed by atoms with van der Waals surface area (Å²) in [5.41, 5.74) is 2.78. The SMILES string of the molecule is CCOC(=O)C1(C)CCN(C2=NOC3(C2)CN(Cc2cc(C4CC4)c(N4CCC(F)(F)CC4)cc2OC(C)C)C3)CC1. The van der Waals surface area contributed by atoms with Crippen LogP contribution in [0, 0.1) is 5.41 Å². The van der Waals surface area contributed by atoms with Gasteiger partial charge < -0.3 is 24.1 Å². The normalized spacial score (nSPS) is 24.8. The fourth-order valence-electron chi connectivity index (χ4n) is 6.92. The molecule has 4 aliphatic heterocycles. The predicted molar refractivity (Wildman–Crippen MR) is 157 cm³/mol. The molecular weight excluding hydrogens is 542 g/mol. The van der Waals surface area contributed by atoms with Gasteiger partial charge in [-0.1, -0.05) is 5.16 Å². The number of benzene rings is 1. The monoisotopic (exact) mass is 588 g/mol. The van der Waals surface area contributed by atoms with E-state index in [2.05, 4.69) is 32.0 Å². The van der Waals surface area contributed by atoms with Crippen molar-refractivity contribution in [2.24, 2.45) is 10.6 Å². The summed E-state index contributed by atoms with van der Waals surface area (Å²) in [6.45, 7) is 13.0. The standard InChI is InChI=1S/C32H46F2N4O4/c1-5-40-29(39)30(4)8-12-38(13-9-30)28-18-31(42-35-28)20-36(21-31)19-24-16-25(23-6-7-23)26(17-27(24)41-22(2)3)37-14-10-32(33,34)11-15-37/h16-17,22-23H,5-15,18-21H2,1-4H3. The third-order valence-corrected chi connectivity index (χ3v) is 9.67. The lowest BCUT2D eigenvalue weighted by molar-refractivity contribution is -0.156. The minimum Gasteiger partial charge on any atom is -0.491 e. The van der Waals surface area contributed by atoms with Gasteiger partial charge in [0.05, 0.1) is 24.5 Å². The van der Waals surface area contributed by atoms with Crippen LogP contribution in [-0.4, -0.2) is 85.1 Å². The zero-order chi connectivity index (χ0) is 29.7. The fraction of sp³-hybridized carbons (Fsp3) is 0.750. The number of likely N-dealkylation sites (tertiary alicyclic amines) is 2. The molecule has 0 atom stereocenters. The average molecular weight is 589 g/mol. The van der Waals surface area contributed by atoms with E-state index in [1.54, 1.807) is 0 Å². The molecule has 5 aliphatic rings. The zero-order valence-corrected chi connectivity index (χ0v) is 25.6. The van der Waals surface area contributed by atoms with Crippen molar-refractivity contribution >= 4 is 17.5 Å². The molecule has 0 aromatic heterocycles. The molecule has 0 amide bonds. The van der Waals surface area contributed by atoms with E-state index in [0.29, 0.717) is 25.6 Å². The van der Waals surface area contributed by atoms with Crippen LogP contribution in [0.5, 0.6) is 5.75 Å². The van der Waals surface area contributed by atoms with E-state index in [9.17, 15) is 13.6 Å². The number of piperidine rings is 2. The van der Waals surface area contributed by atoms with E-state index in [1.807, 2.05) is 27.7 Å². The number of hydrogen-bond donors (Lipinski definition) is 0. The Bertz CT molecular complexity index is 1190. The molecule has 8 nitrogen and oxygen atoms in total. The molecule has 0 bridgehead atoms. The number of oxime groups is 1. The van der Waals surface area contributed by atoms with Crippen molar-refractivity contribution in [2.75, 3.05) is 50.8 Å². The van der Waals surface area contributed by atoms with Gasteiger partial charge in [0.25, 0.3) is 5.92 Å². The largest absolute Gasteiger partial charge is 0.491 e. The van der Waals surface area contributed by atoms with Crippen LogP contribution in [0.3, 0.4) is 0 Å². The Kier molecular flexibility index (Phi) is 7.81. The summed E-state index contributed by atoms with van der Waals surface area (Å²) in [6.07, 6.45) is 4.40. The van der Waals surface area contributed by atoms with Crippen LogP contribution < -0.4 is 9.64 Å². The van der Waals surface area contributed by atoms with E-state index in [1.165, 1.54) is 5.56 Å². The zero-order valence-electron chi connectivity index (χ0n) is 25.6. The maximum Gasteiger partial charge on any atom is 0.311 e. The number of nitrogens with zero attached hydrogens (tertiary/aromatic N) is 4. The third kappa shape index (κ3) is 6.06. The van der Waals surface area contributed by atoms with Gasteiger partial charge in [-0.25, -0.2) is 8.78 Å². The van der Waals surface area contributed by atoms with Crippen LogP contribution in [-0.2, 0) is 20.9 Å². The first kappa shape index (κ1) is 29.5. The molecule has 0 radical (unpaired) electrons. The van der Waals surface area contributed by atoms with Crippen molar-refractivity contribution in [3.8, 4) is 5.75 Å². The molecule has 232 valence electrons. The molecule has 10 heteroatoms. The number of esters is 1. The summed E-state index contributed by atoms with van der Waals surface area (Å²) < 4.78 is 39.4. The molecule has 0 N–H and O–H groups in total. The summed E-state index contributed by atoms with van der Waals surface area (Å²) in [7, 11) is 0. The van der Waals surface area contributed by atoms with Crippen LogP contribution in [0.15, 0.2) is 17.3 Å². The number of halogens is 2. The van der Waals surface area contributed by atoms with Crippen LogP contribution in [0.1, 0.15) is 89.7 Å². The van der Waals surface area contributed by atoms with E-state index in [0.717, 1.165) is 87.7 Å². The van der Waals surface area contributed by atoms with E-state index >= 15 is 0 Å². The Labute approximate surface area is 248 Å². The summed E-state index contributed by atoms with van der Waals surface area (Å²) >= 11 is 0. The number of carbonyl (C=O) groups is 1. The minimum atomic E-state index is -2.57. The fourth-order valence-corrected chi connectivity index (χ4v) is 6.92. The second kappa shape index (κ2) is 11.1. The lowest BCUT2D eigenvalue weighted by Gasteiger charge is -2.46. The van der Waals surface area contributed by atoms with Crippen molar-refractivity contribution in [2.45, 2.75) is 103 Å². The quantitative estimate of drug-likeness (QED) is 0.370.